The highest BCUT2D eigenvalue weighted by Crippen LogP contribution is 2.27. The molecule has 0 aromatic heterocycles. The highest BCUT2D eigenvalue weighted by Gasteiger charge is 2.22. The summed E-state index contributed by atoms with van der Waals surface area (Å²) < 4.78 is 0. The molecular weight excluding hydrogens is 258 g/mol. The fraction of sp³-hybridized carbons (Fsp3) is 0.526. The van der Waals surface area contributed by atoms with Gasteiger partial charge in [0.2, 0.25) is 5.91 Å². The molecule has 1 rings (SSSR count). The molecule has 0 saturated carbocycles. The lowest BCUT2D eigenvalue weighted by atomic mass is 9.98. The summed E-state index contributed by atoms with van der Waals surface area (Å²) in [6, 6.07) is 10.6. The molecule has 0 bridgehead atoms. The van der Waals surface area contributed by atoms with Crippen molar-refractivity contribution < 1.29 is 4.79 Å². The van der Waals surface area contributed by atoms with E-state index in [1.807, 2.05) is 11.0 Å². The number of benzene rings is 1. The SMILES string of the molecule is C=CC(=O)N(CCCC)C(CCCCC)c1ccccc1. The summed E-state index contributed by atoms with van der Waals surface area (Å²) in [5.41, 5.74) is 1.24. The summed E-state index contributed by atoms with van der Waals surface area (Å²) in [6.45, 7) is 8.85. The molecule has 0 spiro atoms. The topological polar surface area (TPSA) is 20.3 Å². The molecule has 0 radical (unpaired) electrons. The second-order valence-corrected chi connectivity index (χ2v) is 5.51. The maximum Gasteiger partial charge on any atom is 0.246 e. The first-order valence-corrected chi connectivity index (χ1v) is 8.22. The normalized spacial score (nSPS) is 11.9. The Morgan fingerprint density at radius 2 is 1.81 bits per heavy atom. The number of unbranched alkanes of at least 4 members (excludes halogenated alkanes) is 3. The lowest BCUT2D eigenvalue weighted by Gasteiger charge is -2.31. The van der Waals surface area contributed by atoms with Gasteiger partial charge in [0, 0.05) is 6.54 Å². The van der Waals surface area contributed by atoms with E-state index >= 15 is 0 Å². The van der Waals surface area contributed by atoms with E-state index in [9.17, 15) is 4.79 Å². The maximum absolute atomic E-state index is 12.3. The van der Waals surface area contributed by atoms with E-state index in [4.69, 9.17) is 0 Å². The molecule has 21 heavy (non-hydrogen) atoms. The first-order valence-electron chi connectivity index (χ1n) is 8.22. The zero-order chi connectivity index (χ0) is 15.5. The van der Waals surface area contributed by atoms with Crippen LogP contribution in [0.5, 0.6) is 0 Å². The maximum atomic E-state index is 12.3. The summed E-state index contributed by atoms with van der Waals surface area (Å²) >= 11 is 0. The molecule has 0 fully saturated rings. The Morgan fingerprint density at radius 3 is 2.38 bits per heavy atom. The van der Waals surface area contributed by atoms with Crippen LogP contribution in [-0.2, 0) is 4.79 Å². The van der Waals surface area contributed by atoms with Crippen LogP contribution in [0.3, 0.4) is 0 Å². The van der Waals surface area contributed by atoms with Crippen molar-refractivity contribution in [2.45, 2.75) is 58.4 Å². The van der Waals surface area contributed by atoms with Gasteiger partial charge >= 0.3 is 0 Å². The Hall–Kier alpha value is -1.57. The van der Waals surface area contributed by atoms with Crippen LogP contribution < -0.4 is 0 Å². The van der Waals surface area contributed by atoms with Crippen molar-refractivity contribution in [1.29, 1.82) is 0 Å². The van der Waals surface area contributed by atoms with Crippen LogP contribution in [0.4, 0.5) is 0 Å². The van der Waals surface area contributed by atoms with Crippen molar-refractivity contribution >= 4 is 5.91 Å². The van der Waals surface area contributed by atoms with E-state index in [0.29, 0.717) is 0 Å². The molecule has 1 unspecified atom stereocenters. The van der Waals surface area contributed by atoms with Crippen molar-refractivity contribution in [1.82, 2.24) is 4.90 Å². The predicted octanol–water partition coefficient (Wildman–Crippen LogP) is 5.12. The second-order valence-electron chi connectivity index (χ2n) is 5.51. The predicted molar refractivity (Wildman–Crippen MR) is 90.1 cm³/mol. The molecular formula is C19H29NO. The summed E-state index contributed by atoms with van der Waals surface area (Å²) in [4.78, 5) is 14.3. The lowest BCUT2D eigenvalue weighted by molar-refractivity contribution is -0.128. The summed E-state index contributed by atoms with van der Waals surface area (Å²) in [6.07, 6.45) is 8.18. The van der Waals surface area contributed by atoms with E-state index < -0.39 is 0 Å². The Kier molecular flexibility index (Phi) is 8.49. The molecule has 0 heterocycles. The van der Waals surface area contributed by atoms with Crippen molar-refractivity contribution in [2.75, 3.05) is 6.54 Å². The van der Waals surface area contributed by atoms with Crippen LogP contribution in [-0.4, -0.2) is 17.4 Å². The summed E-state index contributed by atoms with van der Waals surface area (Å²) in [5, 5.41) is 0. The molecule has 116 valence electrons. The number of hydrogen-bond donors (Lipinski definition) is 0. The van der Waals surface area contributed by atoms with Crippen LogP contribution in [0.25, 0.3) is 0 Å². The van der Waals surface area contributed by atoms with Gasteiger partial charge < -0.3 is 4.90 Å². The monoisotopic (exact) mass is 287 g/mol. The molecule has 2 heteroatoms. The summed E-state index contributed by atoms with van der Waals surface area (Å²) in [5.74, 6) is 0.0498. The fourth-order valence-electron chi connectivity index (χ4n) is 2.63. The zero-order valence-corrected chi connectivity index (χ0v) is 13.6. The van der Waals surface area contributed by atoms with E-state index in [1.54, 1.807) is 0 Å². The lowest BCUT2D eigenvalue weighted by Crippen LogP contribution is -2.34. The first-order chi connectivity index (χ1) is 10.2. The highest BCUT2D eigenvalue weighted by molar-refractivity contribution is 5.87. The van der Waals surface area contributed by atoms with Crippen molar-refractivity contribution in [3.8, 4) is 0 Å². The third-order valence-corrected chi connectivity index (χ3v) is 3.85. The highest BCUT2D eigenvalue weighted by atomic mass is 16.2. The average Bonchev–Trinajstić information content (AvgIpc) is 2.54. The van der Waals surface area contributed by atoms with Crippen molar-refractivity contribution in [3.63, 3.8) is 0 Å². The summed E-state index contributed by atoms with van der Waals surface area (Å²) in [7, 11) is 0. The number of carbonyl (C=O) groups excluding carboxylic acids is 1. The van der Waals surface area contributed by atoms with Gasteiger partial charge in [0.25, 0.3) is 0 Å². The molecule has 0 aliphatic heterocycles. The first kappa shape index (κ1) is 17.5. The van der Waals surface area contributed by atoms with Gasteiger partial charge in [-0.15, -0.1) is 0 Å². The Labute approximate surface area is 129 Å². The standard InChI is InChI=1S/C19H29NO/c1-4-7-10-15-18(17-13-11-9-12-14-17)20(16-8-5-2)19(21)6-3/h6,9,11-14,18H,3-5,7-8,10,15-16H2,1-2H3. The Balaban J connectivity index is 2.93. The van der Waals surface area contributed by atoms with E-state index in [-0.39, 0.29) is 11.9 Å². The van der Waals surface area contributed by atoms with Gasteiger partial charge in [0.05, 0.1) is 6.04 Å². The molecule has 1 aromatic carbocycles. The minimum Gasteiger partial charge on any atom is -0.332 e. The smallest absolute Gasteiger partial charge is 0.246 e. The second kappa shape index (κ2) is 10.2. The largest absolute Gasteiger partial charge is 0.332 e. The van der Waals surface area contributed by atoms with Crippen LogP contribution in [0, 0.1) is 0 Å². The van der Waals surface area contributed by atoms with Crippen LogP contribution >= 0.6 is 0 Å². The van der Waals surface area contributed by atoms with Crippen molar-refractivity contribution in [3.05, 3.63) is 48.6 Å². The van der Waals surface area contributed by atoms with Gasteiger partial charge in [-0.25, -0.2) is 0 Å². The molecule has 1 aromatic rings. The molecule has 2 nitrogen and oxygen atoms in total. The molecule has 0 N–H and O–H groups in total. The van der Waals surface area contributed by atoms with E-state index in [2.05, 4.69) is 44.7 Å². The molecule has 1 amide bonds. The molecule has 1 atom stereocenters. The molecule has 0 saturated heterocycles. The Morgan fingerprint density at radius 1 is 1.14 bits per heavy atom. The fourth-order valence-corrected chi connectivity index (χ4v) is 2.63. The zero-order valence-electron chi connectivity index (χ0n) is 13.6. The van der Waals surface area contributed by atoms with Crippen LogP contribution in [0.15, 0.2) is 43.0 Å². The van der Waals surface area contributed by atoms with Gasteiger partial charge in [0.1, 0.15) is 0 Å². The van der Waals surface area contributed by atoms with Gasteiger partial charge in [-0.3, -0.25) is 4.79 Å². The van der Waals surface area contributed by atoms with Gasteiger partial charge in [-0.2, -0.15) is 0 Å². The van der Waals surface area contributed by atoms with Gasteiger partial charge in [-0.1, -0.05) is 76.4 Å². The van der Waals surface area contributed by atoms with Gasteiger partial charge in [-0.05, 0) is 24.5 Å². The van der Waals surface area contributed by atoms with E-state index in [1.165, 1.54) is 24.5 Å². The minimum atomic E-state index is 0.0498. The van der Waals surface area contributed by atoms with Crippen LogP contribution in [0.1, 0.15) is 64.0 Å². The number of carbonyl (C=O) groups is 1. The van der Waals surface area contributed by atoms with Crippen molar-refractivity contribution in [2.24, 2.45) is 0 Å². The van der Waals surface area contributed by atoms with Crippen LogP contribution in [0.2, 0.25) is 0 Å². The Bertz CT molecular complexity index is 413. The number of nitrogens with zero attached hydrogens (tertiary/aromatic N) is 1. The quantitative estimate of drug-likeness (QED) is 0.432. The number of rotatable bonds is 10. The third kappa shape index (κ3) is 5.74. The minimum absolute atomic E-state index is 0.0498. The molecule has 0 aliphatic carbocycles. The molecule has 0 aliphatic rings. The third-order valence-electron chi connectivity index (χ3n) is 3.85. The number of amides is 1. The number of hydrogen-bond acceptors (Lipinski definition) is 1. The van der Waals surface area contributed by atoms with Gasteiger partial charge in [0.15, 0.2) is 0 Å². The average molecular weight is 287 g/mol. The van der Waals surface area contributed by atoms with E-state index in [0.717, 1.165) is 32.2 Å².